The fourth-order valence-electron chi connectivity index (χ4n) is 2.86. The van der Waals surface area contributed by atoms with Crippen LogP contribution in [0.5, 0.6) is 0 Å². The molecule has 2 aromatic rings. The third kappa shape index (κ3) is 4.40. The number of hydrogen-bond acceptors (Lipinski definition) is 6. The Balaban J connectivity index is 1.67. The summed E-state index contributed by atoms with van der Waals surface area (Å²) < 4.78 is 51.3. The maximum absolute atomic E-state index is 12.7. The average molecular weight is 429 g/mol. The smallest absolute Gasteiger partial charge is 0.262 e. The molecule has 2 heterocycles. The first kappa shape index (κ1) is 20.0. The lowest BCUT2D eigenvalue weighted by molar-refractivity contribution is 0.0957. The molecule has 27 heavy (non-hydrogen) atoms. The topological polar surface area (TPSA) is 101 Å². The van der Waals surface area contributed by atoms with Crippen LogP contribution < -0.4 is 5.32 Å². The molecule has 7 nitrogen and oxygen atoms in total. The van der Waals surface area contributed by atoms with Gasteiger partial charge in [0.05, 0.1) is 10.6 Å². The van der Waals surface area contributed by atoms with E-state index >= 15 is 0 Å². The zero-order chi connectivity index (χ0) is 19.5. The molecule has 0 bridgehead atoms. The minimum atomic E-state index is -3.70. The van der Waals surface area contributed by atoms with Gasteiger partial charge < -0.3 is 5.32 Å². The Labute approximate surface area is 163 Å². The van der Waals surface area contributed by atoms with Crippen molar-refractivity contribution in [1.29, 1.82) is 0 Å². The molecular weight excluding hydrogens is 408 g/mol. The second-order valence-corrected chi connectivity index (χ2v) is 11.0. The molecule has 0 spiro atoms. The molecule has 1 aliphatic rings. The van der Waals surface area contributed by atoms with Crippen molar-refractivity contribution >= 4 is 37.1 Å². The van der Waals surface area contributed by atoms with Crippen molar-refractivity contribution in [2.75, 3.05) is 25.4 Å². The molecule has 0 atom stereocenters. The zero-order valence-corrected chi connectivity index (χ0v) is 16.9. The molecule has 0 aliphatic carbocycles. The quantitative estimate of drug-likeness (QED) is 0.724. The first-order valence-electron chi connectivity index (χ1n) is 8.46. The lowest BCUT2D eigenvalue weighted by Crippen LogP contribution is -2.32. The van der Waals surface area contributed by atoms with Gasteiger partial charge in [-0.3, -0.25) is 4.79 Å². The van der Waals surface area contributed by atoms with Crippen molar-refractivity contribution in [2.45, 2.75) is 22.6 Å². The van der Waals surface area contributed by atoms with Crippen molar-refractivity contribution < 1.29 is 21.6 Å². The minimum absolute atomic E-state index is 0.0159. The van der Waals surface area contributed by atoms with Crippen LogP contribution in [-0.4, -0.2) is 52.4 Å². The molecule has 1 fully saturated rings. The van der Waals surface area contributed by atoms with Crippen LogP contribution in [0.3, 0.4) is 0 Å². The minimum Gasteiger partial charge on any atom is -0.350 e. The third-order valence-corrected chi connectivity index (χ3v) is 8.99. The number of carbonyl (C=O) groups excluding carboxylic acids is 1. The van der Waals surface area contributed by atoms with Crippen molar-refractivity contribution in [3.8, 4) is 0 Å². The Bertz CT molecular complexity index is 1010. The van der Waals surface area contributed by atoms with Gasteiger partial charge >= 0.3 is 0 Å². The van der Waals surface area contributed by atoms with E-state index in [1.807, 2.05) is 0 Å². The van der Waals surface area contributed by atoms with Crippen LogP contribution in [0.15, 0.2) is 51.6 Å². The number of hydrogen-bond donors (Lipinski definition) is 1. The summed E-state index contributed by atoms with van der Waals surface area (Å²) in [5.74, 6) is -0.839. The van der Waals surface area contributed by atoms with Gasteiger partial charge in [-0.05, 0) is 36.4 Å². The molecule has 1 aromatic heterocycles. The summed E-state index contributed by atoms with van der Waals surface area (Å²) in [4.78, 5) is 12.7. The summed E-state index contributed by atoms with van der Waals surface area (Å²) in [6.45, 7) is 0.806. The highest BCUT2D eigenvalue weighted by molar-refractivity contribution is 7.91. The van der Waals surface area contributed by atoms with Crippen LogP contribution in [0.2, 0.25) is 0 Å². The third-order valence-electron chi connectivity index (χ3n) is 4.28. The van der Waals surface area contributed by atoms with Crippen LogP contribution in [0.1, 0.15) is 22.5 Å². The summed E-state index contributed by atoms with van der Waals surface area (Å²) >= 11 is 1.03. The van der Waals surface area contributed by atoms with Gasteiger partial charge in [0.25, 0.3) is 5.91 Å². The lowest BCUT2D eigenvalue weighted by atomic mass is 10.4. The summed E-state index contributed by atoms with van der Waals surface area (Å²) in [5.41, 5.74) is 0. The maximum atomic E-state index is 12.7. The Morgan fingerprint density at radius 1 is 1.04 bits per heavy atom. The van der Waals surface area contributed by atoms with E-state index in [0.29, 0.717) is 13.1 Å². The number of nitrogens with zero attached hydrogens (tertiary/aromatic N) is 1. The number of benzene rings is 1. The van der Waals surface area contributed by atoms with E-state index in [0.717, 1.165) is 24.2 Å². The SMILES string of the molecule is O=C(NCCS(=O)(=O)c1ccccc1)c1sccc1S(=O)(=O)N1CCCC1. The highest BCUT2D eigenvalue weighted by Crippen LogP contribution is 2.27. The predicted molar refractivity (Wildman–Crippen MR) is 103 cm³/mol. The van der Waals surface area contributed by atoms with Gasteiger partial charge in [0.1, 0.15) is 9.77 Å². The molecule has 1 saturated heterocycles. The predicted octanol–water partition coefficient (Wildman–Crippen LogP) is 1.74. The van der Waals surface area contributed by atoms with Crippen molar-refractivity contribution in [3.05, 3.63) is 46.7 Å². The molecule has 3 rings (SSSR count). The molecular formula is C17H20N2O5S3. The van der Waals surface area contributed by atoms with E-state index in [-0.39, 0.29) is 27.0 Å². The van der Waals surface area contributed by atoms with Crippen molar-refractivity contribution in [1.82, 2.24) is 9.62 Å². The van der Waals surface area contributed by atoms with Gasteiger partial charge in [-0.1, -0.05) is 18.2 Å². The standard InChI is InChI=1S/C17H20N2O5S3/c20-17(18-9-13-26(21,22)14-6-2-1-3-7-14)16-15(8-12-25-16)27(23,24)19-10-4-5-11-19/h1-3,6-8,12H,4-5,9-11,13H2,(H,18,20). The molecule has 10 heteroatoms. The monoisotopic (exact) mass is 428 g/mol. The fourth-order valence-corrected chi connectivity index (χ4v) is 6.87. The first-order valence-corrected chi connectivity index (χ1v) is 12.4. The van der Waals surface area contributed by atoms with E-state index in [2.05, 4.69) is 5.32 Å². The number of sulfonamides is 1. The summed E-state index contributed by atoms with van der Waals surface area (Å²) in [5, 5.41) is 4.08. The largest absolute Gasteiger partial charge is 0.350 e. The van der Waals surface area contributed by atoms with E-state index in [1.54, 1.807) is 23.6 Å². The molecule has 1 N–H and O–H groups in total. The second kappa shape index (κ2) is 8.09. The average Bonchev–Trinajstić information content (AvgIpc) is 3.34. The Morgan fingerprint density at radius 3 is 2.37 bits per heavy atom. The molecule has 0 radical (unpaired) electrons. The summed E-state index contributed by atoms with van der Waals surface area (Å²) in [6, 6.07) is 9.40. The molecule has 1 aromatic carbocycles. The Hall–Kier alpha value is -1.75. The summed E-state index contributed by atoms with van der Waals surface area (Å²) in [6.07, 6.45) is 1.62. The number of carbonyl (C=O) groups is 1. The number of nitrogens with one attached hydrogen (secondary N) is 1. The van der Waals surface area contributed by atoms with E-state index in [9.17, 15) is 21.6 Å². The molecule has 0 unspecified atom stereocenters. The van der Waals surface area contributed by atoms with Gasteiger partial charge in [0.15, 0.2) is 9.84 Å². The second-order valence-electron chi connectivity index (χ2n) is 6.11. The number of sulfone groups is 1. The van der Waals surface area contributed by atoms with Crippen LogP contribution in [0.4, 0.5) is 0 Å². The molecule has 0 saturated carbocycles. The van der Waals surface area contributed by atoms with Gasteiger partial charge in [0, 0.05) is 19.6 Å². The van der Waals surface area contributed by atoms with Gasteiger partial charge in [-0.25, -0.2) is 16.8 Å². The molecule has 1 aliphatic heterocycles. The van der Waals surface area contributed by atoms with E-state index in [1.165, 1.54) is 22.5 Å². The molecule has 1 amide bonds. The summed E-state index contributed by atoms with van der Waals surface area (Å²) in [7, 11) is -7.22. The van der Waals surface area contributed by atoms with Gasteiger partial charge in [0.2, 0.25) is 10.0 Å². The lowest BCUT2D eigenvalue weighted by Gasteiger charge is -2.15. The van der Waals surface area contributed by atoms with Crippen molar-refractivity contribution in [2.24, 2.45) is 0 Å². The zero-order valence-electron chi connectivity index (χ0n) is 14.5. The number of rotatable bonds is 7. The van der Waals surface area contributed by atoms with E-state index < -0.39 is 25.8 Å². The van der Waals surface area contributed by atoms with Crippen LogP contribution in [0, 0.1) is 0 Å². The van der Waals surface area contributed by atoms with Crippen LogP contribution >= 0.6 is 11.3 Å². The Kier molecular flexibility index (Phi) is 5.99. The van der Waals surface area contributed by atoms with Gasteiger partial charge in [-0.15, -0.1) is 11.3 Å². The Morgan fingerprint density at radius 2 is 1.70 bits per heavy atom. The normalized spacial score (nSPS) is 15.7. The van der Waals surface area contributed by atoms with Crippen LogP contribution in [-0.2, 0) is 19.9 Å². The van der Waals surface area contributed by atoms with Gasteiger partial charge in [-0.2, -0.15) is 4.31 Å². The first-order chi connectivity index (χ1) is 12.8. The number of amides is 1. The molecule has 146 valence electrons. The number of thiophene rings is 1. The maximum Gasteiger partial charge on any atom is 0.262 e. The van der Waals surface area contributed by atoms with E-state index in [4.69, 9.17) is 0 Å². The highest BCUT2D eigenvalue weighted by Gasteiger charge is 2.31. The highest BCUT2D eigenvalue weighted by atomic mass is 32.2. The fraction of sp³-hybridized carbons (Fsp3) is 0.353. The van der Waals surface area contributed by atoms with Crippen molar-refractivity contribution in [3.63, 3.8) is 0 Å². The van der Waals surface area contributed by atoms with Crippen LogP contribution in [0.25, 0.3) is 0 Å².